The summed E-state index contributed by atoms with van der Waals surface area (Å²) in [4.78, 5) is 10.5. The first-order valence-corrected chi connectivity index (χ1v) is 5.26. The van der Waals surface area contributed by atoms with Crippen LogP contribution in [0.5, 0.6) is 0 Å². The average molecular weight is 337 g/mol. The normalized spacial score (nSPS) is 10.2. The summed E-state index contributed by atoms with van der Waals surface area (Å²) in [6.45, 7) is 0. The molecular formula is C10H6F2INO2. The van der Waals surface area contributed by atoms with Crippen LogP contribution in [0.25, 0.3) is 0 Å². The molecule has 0 atom stereocenters. The third kappa shape index (κ3) is 2.66. The molecule has 0 amide bonds. The third-order valence-corrected chi connectivity index (χ3v) is 2.89. The molecule has 0 saturated heterocycles. The molecule has 0 heterocycles. The van der Waals surface area contributed by atoms with E-state index in [1.54, 1.807) is 28.7 Å². The van der Waals surface area contributed by atoms with Crippen LogP contribution >= 0.6 is 22.6 Å². The lowest BCUT2D eigenvalue weighted by Crippen LogP contribution is -2.06. The zero-order chi connectivity index (χ0) is 12.3. The zero-order valence-corrected chi connectivity index (χ0v) is 10.0. The van der Waals surface area contributed by atoms with Crippen LogP contribution in [-0.2, 0) is 11.2 Å². The fraction of sp³-hybridized carbons (Fsp3) is 0.200. The van der Waals surface area contributed by atoms with Crippen molar-refractivity contribution < 1.29 is 18.7 Å². The van der Waals surface area contributed by atoms with Gasteiger partial charge in [-0.1, -0.05) is 6.07 Å². The van der Waals surface area contributed by atoms with E-state index in [-0.39, 0.29) is 20.3 Å². The van der Waals surface area contributed by atoms with Crippen LogP contribution in [0.3, 0.4) is 0 Å². The number of rotatable bonds is 3. The summed E-state index contributed by atoms with van der Waals surface area (Å²) in [6, 6.07) is 4.42. The third-order valence-electron chi connectivity index (χ3n) is 1.95. The standard InChI is InChI=1S/C10H6F2INO2/c11-10(12)9-6(4-14)5(3-8(15)16)1-2-7(9)13/h1-2,10H,3H2,(H,15,16). The van der Waals surface area contributed by atoms with Crippen LogP contribution in [0.2, 0.25) is 0 Å². The minimum atomic E-state index is -2.78. The first-order chi connectivity index (χ1) is 7.47. The number of carbonyl (C=O) groups is 1. The van der Waals surface area contributed by atoms with E-state index < -0.39 is 18.8 Å². The predicted octanol–water partition coefficient (Wildman–Crippen LogP) is 2.73. The van der Waals surface area contributed by atoms with E-state index in [0.29, 0.717) is 0 Å². The van der Waals surface area contributed by atoms with Crippen LogP contribution in [-0.4, -0.2) is 11.1 Å². The maximum Gasteiger partial charge on any atom is 0.307 e. The van der Waals surface area contributed by atoms with Crippen LogP contribution in [0.1, 0.15) is 23.1 Å². The van der Waals surface area contributed by atoms with Gasteiger partial charge in [0.15, 0.2) is 0 Å². The second-order valence-electron chi connectivity index (χ2n) is 2.98. The van der Waals surface area contributed by atoms with Gasteiger partial charge in [-0.3, -0.25) is 4.79 Å². The molecule has 1 aromatic carbocycles. The molecule has 1 rings (SSSR count). The SMILES string of the molecule is N#Cc1c(CC(=O)O)ccc(I)c1C(F)F. The maximum atomic E-state index is 12.7. The number of nitrogens with zero attached hydrogens (tertiary/aromatic N) is 1. The van der Waals surface area contributed by atoms with Crippen LogP contribution in [0.15, 0.2) is 12.1 Å². The summed E-state index contributed by atoms with van der Waals surface area (Å²) in [5.41, 5.74) is -0.503. The molecule has 16 heavy (non-hydrogen) atoms. The molecule has 0 spiro atoms. The first-order valence-electron chi connectivity index (χ1n) is 4.18. The monoisotopic (exact) mass is 337 g/mol. The van der Waals surface area contributed by atoms with Crippen LogP contribution < -0.4 is 0 Å². The molecular weight excluding hydrogens is 331 g/mol. The Balaban J connectivity index is 3.38. The van der Waals surface area contributed by atoms with Gasteiger partial charge in [0.25, 0.3) is 6.43 Å². The zero-order valence-electron chi connectivity index (χ0n) is 7.88. The van der Waals surface area contributed by atoms with Crippen molar-refractivity contribution in [2.45, 2.75) is 12.8 Å². The lowest BCUT2D eigenvalue weighted by molar-refractivity contribution is -0.136. The van der Waals surface area contributed by atoms with Crippen LogP contribution in [0, 0.1) is 14.9 Å². The first kappa shape index (κ1) is 12.8. The summed E-state index contributed by atoms with van der Waals surface area (Å²) in [5, 5.41) is 17.4. The average Bonchev–Trinajstić information content (AvgIpc) is 2.18. The van der Waals surface area contributed by atoms with Crippen molar-refractivity contribution in [3.63, 3.8) is 0 Å². The number of carboxylic acids is 1. The highest BCUT2D eigenvalue weighted by molar-refractivity contribution is 14.1. The molecule has 0 aliphatic heterocycles. The van der Waals surface area contributed by atoms with Gasteiger partial charge in [0.05, 0.1) is 18.1 Å². The predicted molar refractivity (Wildman–Crippen MR) is 60.2 cm³/mol. The molecule has 0 unspecified atom stereocenters. The van der Waals surface area contributed by atoms with Crippen molar-refractivity contribution in [2.24, 2.45) is 0 Å². The van der Waals surface area contributed by atoms with Gasteiger partial charge in [-0.2, -0.15) is 5.26 Å². The quantitative estimate of drug-likeness (QED) is 0.863. The van der Waals surface area contributed by atoms with Crippen molar-refractivity contribution in [2.75, 3.05) is 0 Å². The number of nitriles is 1. The largest absolute Gasteiger partial charge is 0.481 e. The minimum absolute atomic E-state index is 0.116. The number of carboxylic acid groups (broad SMARTS) is 1. The highest BCUT2D eigenvalue weighted by Gasteiger charge is 2.20. The highest BCUT2D eigenvalue weighted by atomic mass is 127. The van der Waals surface area contributed by atoms with Gasteiger partial charge in [0.2, 0.25) is 0 Å². The van der Waals surface area contributed by atoms with Gasteiger partial charge in [-0.05, 0) is 34.2 Å². The molecule has 0 aliphatic carbocycles. The van der Waals surface area contributed by atoms with E-state index in [9.17, 15) is 13.6 Å². The second kappa shape index (κ2) is 5.21. The summed E-state index contributed by atoms with van der Waals surface area (Å²) < 4.78 is 25.6. The molecule has 0 bridgehead atoms. The van der Waals surface area contributed by atoms with Gasteiger partial charge in [0.1, 0.15) is 0 Å². The van der Waals surface area contributed by atoms with Crippen molar-refractivity contribution in [1.82, 2.24) is 0 Å². The number of hydrogen-bond donors (Lipinski definition) is 1. The highest BCUT2D eigenvalue weighted by Crippen LogP contribution is 2.30. The molecule has 0 aromatic heterocycles. The lowest BCUT2D eigenvalue weighted by atomic mass is 10.00. The Morgan fingerprint density at radius 3 is 2.62 bits per heavy atom. The Morgan fingerprint density at radius 1 is 1.56 bits per heavy atom. The number of halogens is 3. The molecule has 3 nitrogen and oxygen atoms in total. The molecule has 6 heteroatoms. The summed E-state index contributed by atoms with van der Waals surface area (Å²) in [5.74, 6) is -1.15. The van der Waals surface area contributed by atoms with E-state index in [4.69, 9.17) is 10.4 Å². The Bertz CT molecular complexity index is 469. The van der Waals surface area contributed by atoms with Crippen molar-refractivity contribution in [3.05, 3.63) is 32.4 Å². The van der Waals surface area contributed by atoms with Crippen molar-refractivity contribution >= 4 is 28.6 Å². The van der Waals surface area contributed by atoms with Gasteiger partial charge in [-0.25, -0.2) is 8.78 Å². The topological polar surface area (TPSA) is 61.1 Å². The molecule has 84 valence electrons. The minimum Gasteiger partial charge on any atom is -0.481 e. The van der Waals surface area contributed by atoms with Gasteiger partial charge >= 0.3 is 5.97 Å². The van der Waals surface area contributed by atoms with E-state index in [0.717, 1.165) is 0 Å². The van der Waals surface area contributed by atoms with Crippen molar-refractivity contribution in [1.29, 1.82) is 5.26 Å². The number of benzene rings is 1. The van der Waals surface area contributed by atoms with Gasteiger partial charge in [-0.15, -0.1) is 0 Å². The van der Waals surface area contributed by atoms with Crippen molar-refractivity contribution in [3.8, 4) is 6.07 Å². The number of hydrogen-bond acceptors (Lipinski definition) is 2. The van der Waals surface area contributed by atoms with E-state index in [1.807, 2.05) is 0 Å². The van der Waals surface area contributed by atoms with Crippen LogP contribution in [0.4, 0.5) is 8.78 Å². The molecule has 1 aromatic rings. The summed E-state index contributed by atoms with van der Waals surface area (Å²) in [7, 11) is 0. The summed E-state index contributed by atoms with van der Waals surface area (Å²) >= 11 is 1.70. The van der Waals surface area contributed by atoms with E-state index in [2.05, 4.69) is 0 Å². The Labute approximate surface area is 104 Å². The molecule has 0 fully saturated rings. The van der Waals surface area contributed by atoms with Gasteiger partial charge in [0, 0.05) is 9.13 Å². The lowest BCUT2D eigenvalue weighted by Gasteiger charge is -2.09. The molecule has 0 aliphatic rings. The Kier molecular flexibility index (Phi) is 4.18. The maximum absolute atomic E-state index is 12.7. The molecule has 1 N–H and O–H groups in total. The summed E-state index contributed by atoms with van der Waals surface area (Å²) in [6.07, 6.45) is -3.21. The molecule has 0 saturated carbocycles. The number of aliphatic carboxylic acids is 1. The second-order valence-corrected chi connectivity index (χ2v) is 4.14. The number of alkyl halides is 2. The fourth-order valence-electron chi connectivity index (χ4n) is 1.29. The van der Waals surface area contributed by atoms with E-state index in [1.165, 1.54) is 12.1 Å². The Morgan fingerprint density at radius 2 is 2.19 bits per heavy atom. The van der Waals surface area contributed by atoms with Gasteiger partial charge < -0.3 is 5.11 Å². The molecule has 0 radical (unpaired) electrons. The van der Waals surface area contributed by atoms with E-state index >= 15 is 0 Å². The Hall–Kier alpha value is -1.23. The smallest absolute Gasteiger partial charge is 0.307 e. The fourth-order valence-corrected chi connectivity index (χ4v) is 1.98.